The minimum Gasteiger partial charge on any atom is -0.496 e. The molecule has 0 N–H and O–H groups in total. The average Bonchev–Trinajstić information content (AvgIpc) is 2.78. The molecule has 0 radical (unpaired) electrons. The molecule has 1 aliphatic rings. The molecule has 3 aromatic rings. The van der Waals surface area contributed by atoms with E-state index in [1.54, 1.807) is 31.0 Å². The summed E-state index contributed by atoms with van der Waals surface area (Å²) in [6.45, 7) is 3.23. The van der Waals surface area contributed by atoms with Gasteiger partial charge in [0.25, 0.3) is 0 Å². The maximum absolute atomic E-state index is 14.1. The number of nitrogens with zero attached hydrogens (tertiary/aromatic N) is 1. The van der Waals surface area contributed by atoms with Gasteiger partial charge in [-0.25, -0.2) is 4.39 Å². The zero-order valence-corrected chi connectivity index (χ0v) is 17.9. The predicted octanol–water partition coefficient (Wildman–Crippen LogP) is 5.57. The molecule has 1 fully saturated rings. The van der Waals surface area contributed by atoms with Crippen molar-refractivity contribution in [2.45, 2.75) is 22.8 Å². The topological polar surface area (TPSA) is 21.7 Å². The van der Waals surface area contributed by atoms with Crippen molar-refractivity contribution in [3.63, 3.8) is 0 Å². The molecular formula is C25H26FNO2S. The summed E-state index contributed by atoms with van der Waals surface area (Å²) in [4.78, 5) is 3.44. The van der Waals surface area contributed by atoms with Crippen LogP contribution in [0, 0.1) is 5.82 Å². The Balaban J connectivity index is 1.58. The number of para-hydroxylation sites is 1. The van der Waals surface area contributed by atoms with Gasteiger partial charge in [-0.1, -0.05) is 54.6 Å². The third-order valence-electron chi connectivity index (χ3n) is 5.26. The second-order valence-electron chi connectivity index (χ2n) is 7.37. The lowest BCUT2D eigenvalue weighted by molar-refractivity contribution is -0.0320. The summed E-state index contributed by atoms with van der Waals surface area (Å²) in [5.74, 6) is 0.593. The van der Waals surface area contributed by atoms with Crippen LogP contribution in [0.1, 0.15) is 16.4 Å². The van der Waals surface area contributed by atoms with Gasteiger partial charge in [-0.15, -0.1) is 11.8 Å². The van der Waals surface area contributed by atoms with E-state index < -0.39 is 0 Å². The number of methoxy groups -OCH3 is 1. The van der Waals surface area contributed by atoms with Crippen molar-refractivity contribution in [2.24, 2.45) is 0 Å². The van der Waals surface area contributed by atoms with Crippen LogP contribution in [0.3, 0.4) is 0 Å². The van der Waals surface area contributed by atoms with E-state index in [9.17, 15) is 4.39 Å². The normalized spacial score (nSPS) is 18.1. The number of ether oxygens (including phenoxy) is 2. The van der Waals surface area contributed by atoms with Crippen LogP contribution in [-0.2, 0) is 11.3 Å². The highest BCUT2D eigenvalue weighted by molar-refractivity contribution is 7.99. The molecule has 5 heteroatoms. The SMILES string of the molecule is COc1ccccc1SC(c1cccc(F)c1)[C@@H]1CN(Cc2ccccc2)CCO1. The Morgan fingerprint density at radius 2 is 1.87 bits per heavy atom. The van der Waals surface area contributed by atoms with E-state index in [0.717, 1.165) is 35.8 Å². The molecule has 1 heterocycles. The van der Waals surface area contributed by atoms with Crippen LogP contribution in [0.5, 0.6) is 5.75 Å². The first-order chi connectivity index (χ1) is 14.7. The first-order valence-electron chi connectivity index (χ1n) is 10.2. The maximum atomic E-state index is 14.1. The Kier molecular flexibility index (Phi) is 7.05. The third kappa shape index (κ3) is 5.22. The van der Waals surface area contributed by atoms with E-state index >= 15 is 0 Å². The van der Waals surface area contributed by atoms with Gasteiger partial charge in [-0.2, -0.15) is 0 Å². The van der Waals surface area contributed by atoms with Crippen molar-refractivity contribution in [3.8, 4) is 5.75 Å². The van der Waals surface area contributed by atoms with Crippen LogP contribution in [0.25, 0.3) is 0 Å². The Hall–Kier alpha value is -2.34. The van der Waals surface area contributed by atoms with Crippen LogP contribution in [-0.4, -0.2) is 37.8 Å². The first kappa shape index (κ1) is 20.9. The fourth-order valence-electron chi connectivity index (χ4n) is 3.80. The van der Waals surface area contributed by atoms with Crippen molar-refractivity contribution in [1.82, 2.24) is 4.90 Å². The van der Waals surface area contributed by atoms with Gasteiger partial charge in [-0.3, -0.25) is 4.90 Å². The second kappa shape index (κ2) is 10.1. The Labute approximate surface area is 181 Å². The van der Waals surface area contributed by atoms with Gasteiger partial charge in [0.15, 0.2) is 0 Å². The fraction of sp³-hybridized carbons (Fsp3) is 0.280. The molecule has 0 aliphatic carbocycles. The zero-order valence-electron chi connectivity index (χ0n) is 17.0. The summed E-state index contributed by atoms with van der Waals surface area (Å²) < 4.78 is 25.8. The van der Waals surface area contributed by atoms with Gasteiger partial charge >= 0.3 is 0 Å². The lowest BCUT2D eigenvalue weighted by Crippen LogP contribution is -2.44. The second-order valence-corrected chi connectivity index (χ2v) is 8.56. The molecule has 0 amide bonds. The van der Waals surface area contributed by atoms with E-state index in [2.05, 4.69) is 29.2 Å². The number of hydrogen-bond donors (Lipinski definition) is 0. The van der Waals surface area contributed by atoms with Gasteiger partial charge in [0.05, 0.1) is 30.0 Å². The standard InChI is InChI=1S/C25H26FNO2S/c1-28-22-12-5-6-13-24(22)30-25(20-10-7-11-21(26)16-20)23-18-27(14-15-29-23)17-19-8-3-2-4-9-19/h2-13,16,23,25H,14-15,17-18H2,1H3/t23-,25?/m0/s1. The van der Waals surface area contributed by atoms with E-state index in [1.165, 1.54) is 11.6 Å². The van der Waals surface area contributed by atoms with Crippen LogP contribution >= 0.6 is 11.8 Å². The minimum atomic E-state index is -0.227. The third-order valence-corrected chi connectivity index (χ3v) is 6.69. The summed E-state index contributed by atoms with van der Waals surface area (Å²) in [6.07, 6.45) is -0.0563. The van der Waals surface area contributed by atoms with Gasteiger partial charge in [0, 0.05) is 19.6 Å². The summed E-state index contributed by atoms with van der Waals surface area (Å²) in [5, 5.41) is -0.0458. The largest absolute Gasteiger partial charge is 0.496 e. The van der Waals surface area contributed by atoms with Crippen molar-refractivity contribution in [1.29, 1.82) is 0 Å². The van der Waals surface area contributed by atoms with Crippen LogP contribution in [0.4, 0.5) is 4.39 Å². The molecule has 0 saturated carbocycles. The molecule has 0 spiro atoms. The summed E-state index contributed by atoms with van der Waals surface area (Å²) in [7, 11) is 1.68. The van der Waals surface area contributed by atoms with Gasteiger partial charge in [0.1, 0.15) is 11.6 Å². The molecule has 1 unspecified atom stereocenters. The summed E-state index contributed by atoms with van der Waals surface area (Å²) in [6, 6.07) is 25.3. The Morgan fingerprint density at radius 3 is 2.67 bits per heavy atom. The van der Waals surface area contributed by atoms with Gasteiger partial charge < -0.3 is 9.47 Å². The van der Waals surface area contributed by atoms with Gasteiger partial charge in [-0.05, 0) is 35.4 Å². The predicted molar refractivity (Wildman–Crippen MR) is 119 cm³/mol. The number of benzene rings is 3. The average molecular weight is 424 g/mol. The van der Waals surface area contributed by atoms with E-state index in [-0.39, 0.29) is 17.2 Å². The van der Waals surface area contributed by atoms with Crippen molar-refractivity contribution < 1.29 is 13.9 Å². The summed E-state index contributed by atoms with van der Waals surface area (Å²) in [5.41, 5.74) is 2.22. The molecule has 0 bridgehead atoms. The van der Waals surface area contributed by atoms with E-state index in [1.807, 2.05) is 36.4 Å². The Bertz CT molecular complexity index is 953. The van der Waals surface area contributed by atoms with Crippen molar-refractivity contribution >= 4 is 11.8 Å². The molecule has 30 heavy (non-hydrogen) atoms. The van der Waals surface area contributed by atoms with Crippen LogP contribution in [0.15, 0.2) is 83.8 Å². The van der Waals surface area contributed by atoms with Crippen molar-refractivity contribution in [3.05, 3.63) is 95.8 Å². The lowest BCUT2D eigenvalue weighted by Gasteiger charge is -2.37. The molecule has 2 atom stereocenters. The molecule has 1 aliphatic heterocycles. The number of morpholine rings is 1. The first-order valence-corrected chi connectivity index (χ1v) is 11.0. The molecule has 4 rings (SSSR count). The molecule has 0 aromatic heterocycles. The molecule has 3 nitrogen and oxygen atoms in total. The molecule has 156 valence electrons. The highest BCUT2D eigenvalue weighted by Crippen LogP contribution is 2.43. The highest BCUT2D eigenvalue weighted by atomic mass is 32.2. The van der Waals surface area contributed by atoms with Crippen LogP contribution < -0.4 is 4.74 Å². The smallest absolute Gasteiger partial charge is 0.132 e. The Morgan fingerprint density at radius 1 is 1.07 bits per heavy atom. The van der Waals surface area contributed by atoms with Crippen molar-refractivity contribution in [2.75, 3.05) is 26.8 Å². The summed E-state index contributed by atoms with van der Waals surface area (Å²) >= 11 is 1.67. The molecule has 1 saturated heterocycles. The fourth-order valence-corrected chi connectivity index (χ4v) is 5.09. The maximum Gasteiger partial charge on any atom is 0.132 e. The lowest BCUT2D eigenvalue weighted by atomic mass is 10.1. The van der Waals surface area contributed by atoms with Gasteiger partial charge in [0.2, 0.25) is 0 Å². The zero-order chi connectivity index (χ0) is 20.8. The number of halogens is 1. The van der Waals surface area contributed by atoms with Crippen LogP contribution in [0.2, 0.25) is 0 Å². The monoisotopic (exact) mass is 423 g/mol. The molecular weight excluding hydrogens is 397 g/mol. The van der Waals surface area contributed by atoms with E-state index in [4.69, 9.17) is 9.47 Å². The number of thioether (sulfide) groups is 1. The minimum absolute atomic E-state index is 0.0458. The molecule has 3 aromatic carbocycles. The van der Waals surface area contributed by atoms with E-state index in [0.29, 0.717) is 6.61 Å². The quantitative estimate of drug-likeness (QED) is 0.463. The number of hydrogen-bond acceptors (Lipinski definition) is 4. The highest BCUT2D eigenvalue weighted by Gasteiger charge is 2.31. The number of rotatable bonds is 7.